The molecule has 0 fully saturated rings. The van der Waals surface area contributed by atoms with Crippen LogP contribution in [-0.4, -0.2) is 9.97 Å². The maximum absolute atomic E-state index is 9.06. The second kappa shape index (κ2) is 10.8. The van der Waals surface area contributed by atoms with Gasteiger partial charge >= 0.3 is 0 Å². The third kappa shape index (κ3) is 4.32. The van der Waals surface area contributed by atoms with Crippen molar-refractivity contribution < 1.29 is 14.0 Å². The van der Waals surface area contributed by atoms with Crippen LogP contribution in [0.5, 0.6) is 0 Å². The molecule has 236 valence electrons. The molecule has 0 radical (unpaired) electrons. The quantitative estimate of drug-likeness (QED) is 0.177. The van der Waals surface area contributed by atoms with E-state index in [-0.39, 0.29) is 51.7 Å². The largest absolute Gasteiger partial charge is 0.456 e. The van der Waals surface area contributed by atoms with Crippen LogP contribution in [0.3, 0.4) is 0 Å². The van der Waals surface area contributed by atoms with Gasteiger partial charge in [0.05, 0.1) is 26.3 Å². The number of pyridine rings is 2. The number of benzene rings is 8. The van der Waals surface area contributed by atoms with Crippen molar-refractivity contribution in [2.24, 2.45) is 0 Å². The Kier molecular flexibility index (Phi) is 4.67. The number of furan rings is 1. The van der Waals surface area contributed by atoms with Gasteiger partial charge in [-0.3, -0.25) is 4.98 Å². The van der Waals surface area contributed by atoms with Crippen molar-refractivity contribution in [1.82, 2.24) is 9.97 Å². The second-order valence-corrected chi connectivity index (χ2v) is 12.8. The van der Waals surface area contributed by atoms with Crippen molar-refractivity contribution in [3.05, 3.63) is 170 Å². The zero-order valence-electron chi connectivity index (χ0n) is 33.9. The molecule has 0 unspecified atom stereocenters. The first-order chi connectivity index (χ1) is 28.2. The van der Waals surface area contributed by atoms with Gasteiger partial charge in [0, 0.05) is 33.6 Å². The molecule has 3 heteroatoms. The van der Waals surface area contributed by atoms with Crippen LogP contribution in [0.25, 0.3) is 110 Å². The second-order valence-electron chi connectivity index (χ2n) is 12.8. The lowest BCUT2D eigenvalue weighted by molar-refractivity contribution is 0.598. The molecule has 3 nitrogen and oxygen atoms in total. The van der Waals surface area contributed by atoms with Gasteiger partial charge in [-0.2, -0.15) is 0 Å². The molecule has 0 aliphatic carbocycles. The van der Waals surface area contributed by atoms with E-state index in [2.05, 4.69) is 65.6 Å². The highest BCUT2D eigenvalue weighted by atomic mass is 16.3. The van der Waals surface area contributed by atoms with Crippen LogP contribution in [0.2, 0.25) is 0 Å². The van der Waals surface area contributed by atoms with Crippen molar-refractivity contribution in [3.8, 4) is 45.0 Å². The highest BCUT2D eigenvalue weighted by Crippen LogP contribution is 2.42. The van der Waals surface area contributed by atoms with Crippen LogP contribution in [-0.2, 0) is 0 Å². The Morgan fingerprint density at radius 1 is 0.451 bits per heavy atom. The van der Waals surface area contributed by atoms with Gasteiger partial charge in [0.25, 0.3) is 0 Å². The predicted molar refractivity (Wildman–Crippen MR) is 212 cm³/mol. The summed E-state index contributed by atoms with van der Waals surface area (Å²) in [6.07, 6.45) is -0.462. The molecule has 0 N–H and O–H groups in total. The summed E-state index contributed by atoms with van der Waals surface area (Å²) in [5.41, 5.74) is 4.65. The standard InChI is InChI=1S/C48H28N2O/c1-2-12-38-37(11-1)36(22-23-39(38)42-24-19-33-16-15-32-10-5-27-49-47(32)48(33)50-42)34-8-4-9-35(28-34)43-25-26-44(51-43)40-20-17-31-14-13-29-6-3-7-30-18-21-41(40)46(31)45(29)30/h1-28H/i5D,10D,15D,16D,19D,24D,27D. The summed E-state index contributed by atoms with van der Waals surface area (Å²) < 4.78 is 66.7. The summed E-state index contributed by atoms with van der Waals surface area (Å²) in [5, 5.41) is 8.83. The fourth-order valence-electron chi connectivity index (χ4n) is 7.63. The first-order valence-electron chi connectivity index (χ1n) is 20.2. The Morgan fingerprint density at radius 2 is 1.12 bits per heavy atom. The van der Waals surface area contributed by atoms with E-state index in [4.69, 9.17) is 19.0 Å². The Hall–Kier alpha value is -6.84. The van der Waals surface area contributed by atoms with Crippen LogP contribution in [0, 0.1) is 0 Å². The molecule has 0 bridgehead atoms. The topological polar surface area (TPSA) is 38.9 Å². The summed E-state index contributed by atoms with van der Waals surface area (Å²) >= 11 is 0. The number of nitrogens with zero attached hydrogens (tertiary/aromatic N) is 2. The highest BCUT2D eigenvalue weighted by molar-refractivity contribution is 6.25. The van der Waals surface area contributed by atoms with Crippen LogP contribution < -0.4 is 0 Å². The summed E-state index contributed by atoms with van der Waals surface area (Å²) in [5.74, 6) is 1.52. The molecule has 3 heterocycles. The molecule has 3 aromatic heterocycles. The van der Waals surface area contributed by atoms with Gasteiger partial charge in [0.2, 0.25) is 0 Å². The maximum Gasteiger partial charge on any atom is 0.135 e. The van der Waals surface area contributed by atoms with Crippen molar-refractivity contribution in [1.29, 1.82) is 0 Å². The zero-order chi connectivity index (χ0) is 39.6. The molecule has 0 saturated heterocycles. The third-order valence-corrected chi connectivity index (χ3v) is 9.99. The van der Waals surface area contributed by atoms with Crippen molar-refractivity contribution in [2.45, 2.75) is 0 Å². The third-order valence-electron chi connectivity index (χ3n) is 9.99. The zero-order valence-corrected chi connectivity index (χ0v) is 26.9. The smallest absolute Gasteiger partial charge is 0.135 e. The molecule has 0 spiro atoms. The molecule has 0 aliphatic heterocycles. The van der Waals surface area contributed by atoms with Crippen LogP contribution in [0.15, 0.2) is 174 Å². The molecule has 0 amide bonds. The van der Waals surface area contributed by atoms with Gasteiger partial charge in [0.15, 0.2) is 0 Å². The lowest BCUT2D eigenvalue weighted by Gasteiger charge is -2.13. The average molecular weight is 656 g/mol. The molecule has 11 rings (SSSR count). The lowest BCUT2D eigenvalue weighted by Crippen LogP contribution is -1.91. The van der Waals surface area contributed by atoms with E-state index in [1.54, 1.807) is 0 Å². The number of rotatable bonds is 4. The Bertz CT molecular complexity index is 3550. The number of fused-ring (bicyclic) bond motifs is 4. The molecule has 0 saturated carbocycles. The van der Waals surface area contributed by atoms with E-state index in [1.807, 2.05) is 66.7 Å². The predicted octanol–water partition coefficient (Wildman–Crippen LogP) is 13.1. The molecule has 0 aliphatic rings. The van der Waals surface area contributed by atoms with Gasteiger partial charge < -0.3 is 4.42 Å². The average Bonchev–Trinajstić information content (AvgIpc) is 3.75. The van der Waals surface area contributed by atoms with Crippen molar-refractivity contribution in [3.63, 3.8) is 0 Å². The van der Waals surface area contributed by atoms with Crippen LogP contribution in [0.4, 0.5) is 0 Å². The van der Waals surface area contributed by atoms with E-state index in [0.717, 1.165) is 49.9 Å². The lowest BCUT2D eigenvalue weighted by atomic mass is 9.91. The minimum atomic E-state index is -0.462. The number of hydrogen-bond acceptors (Lipinski definition) is 3. The number of hydrogen-bond donors (Lipinski definition) is 0. The molecular formula is C48H28N2O. The van der Waals surface area contributed by atoms with E-state index in [9.17, 15) is 0 Å². The van der Waals surface area contributed by atoms with Gasteiger partial charge in [-0.25, -0.2) is 4.98 Å². The van der Waals surface area contributed by atoms with E-state index < -0.39 is 18.3 Å². The monoisotopic (exact) mass is 655 g/mol. The van der Waals surface area contributed by atoms with Gasteiger partial charge in [-0.05, 0) is 90.6 Å². The summed E-state index contributed by atoms with van der Waals surface area (Å²) in [6, 6.07) is 41.2. The summed E-state index contributed by atoms with van der Waals surface area (Å²) in [4.78, 5) is 9.02. The van der Waals surface area contributed by atoms with Gasteiger partial charge in [0.1, 0.15) is 11.5 Å². The first kappa shape index (κ1) is 22.0. The maximum atomic E-state index is 9.06. The highest BCUT2D eigenvalue weighted by Gasteiger charge is 2.16. The van der Waals surface area contributed by atoms with Gasteiger partial charge in [-0.1, -0.05) is 127 Å². The van der Waals surface area contributed by atoms with Crippen molar-refractivity contribution in [2.75, 3.05) is 0 Å². The SMILES string of the molecule is [2H]c1nc2c(c([2H])c1[2H])c([2H])c([2H])c1c([2H])c([2H])c(-c3ccc(-c4cccc(-c5ccc(-c6ccc7ccc8cccc9ccc6c7c89)o5)c4)c4ccccc34)nc12. The fraction of sp³-hybridized carbons (Fsp3) is 0. The summed E-state index contributed by atoms with van der Waals surface area (Å²) in [6.45, 7) is 0. The normalized spacial score (nSPS) is 13.8. The Labute approximate surface area is 303 Å². The minimum Gasteiger partial charge on any atom is -0.456 e. The Balaban J connectivity index is 1.03. The van der Waals surface area contributed by atoms with Crippen LogP contribution in [0.1, 0.15) is 9.60 Å². The van der Waals surface area contributed by atoms with E-state index in [0.29, 0.717) is 5.56 Å². The molecular weight excluding hydrogens is 621 g/mol. The van der Waals surface area contributed by atoms with E-state index in [1.165, 1.54) is 26.9 Å². The number of aromatic nitrogens is 2. The molecule has 51 heavy (non-hydrogen) atoms. The molecule has 11 aromatic rings. The van der Waals surface area contributed by atoms with Crippen molar-refractivity contribution >= 4 is 64.9 Å². The summed E-state index contributed by atoms with van der Waals surface area (Å²) in [7, 11) is 0. The van der Waals surface area contributed by atoms with Crippen LogP contribution >= 0.6 is 0 Å². The van der Waals surface area contributed by atoms with E-state index >= 15 is 0 Å². The Morgan fingerprint density at radius 3 is 2.00 bits per heavy atom. The first-order valence-corrected chi connectivity index (χ1v) is 16.7. The fourth-order valence-corrected chi connectivity index (χ4v) is 7.63. The minimum absolute atomic E-state index is 0.00488. The molecule has 0 atom stereocenters. The van der Waals surface area contributed by atoms with Gasteiger partial charge in [-0.15, -0.1) is 0 Å². The molecule has 8 aromatic carbocycles.